The first kappa shape index (κ1) is 20.3. The molecule has 138 valence electrons. The molecule has 0 heterocycles. The number of thioether (sulfide) groups is 1. The fourth-order valence-corrected chi connectivity index (χ4v) is 2.94. The van der Waals surface area contributed by atoms with Crippen molar-refractivity contribution in [2.24, 2.45) is 5.10 Å². The molecule has 2 aromatic carbocycles. The van der Waals surface area contributed by atoms with Crippen molar-refractivity contribution < 1.29 is 9.53 Å². The zero-order valence-electron chi connectivity index (χ0n) is 14.8. The third kappa shape index (κ3) is 7.93. The number of amides is 1. The smallest absolute Gasteiger partial charge is 0.250 e. The van der Waals surface area contributed by atoms with Crippen LogP contribution in [0.4, 0.5) is 0 Å². The van der Waals surface area contributed by atoms with E-state index in [-0.39, 0.29) is 5.91 Å². The molecule has 0 radical (unpaired) electrons. The molecule has 26 heavy (non-hydrogen) atoms. The van der Waals surface area contributed by atoms with Gasteiger partial charge in [0.2, 0.25) is 5.91 Å². The van der Waals surface area contributed by atoms with E-state index in [1.165, 1.54) is 11.8 Å². The molecule has 0 atom stereocenters. The summed E-state index contributed by atoms with van der Waals surface area (Å²) in [5.41, 5.74) is 4.58. The maximum absolute atomic E-state index is 11.8. The third-order valence-electron chi connectivity index (χ3n) is 3.46. The number of unbranched alkanes of at least 4 members (excludes halogenated alkanes) is 1. The maximum Gasteiger partial charge on any atom is 0.250 e. The molecule has 0 saturated carbocycles. The fraction of sp³-hybridized carbons (Fsp3) is 0.300. The van der Waals surface area contributed by atoms with Crippen molar-refractivity contribution >= 4 is 35.5 Å². The highest BCUT2D eigenvalue weighted by Crippen LogP contribution is 2.15. The van der Waals surface area contributed by atoms with E-state index in [4.69, 9.17) is 16.3 Å². The quantitative estimate of drug-likeness (QED) is 0.356. The Balaban J connectivity index is 1.66. The molecule has 0 bridgehead atoms. The van der Waals surface area contributed by atoms with E-state index in [2.05, 4.69) is 17.5 Å². The van der Waals surface area contributed by atoms with Gasteiger partial charge in [0.1, 0.15) is 5.75 Å². The second-order valence-electron chi connectivity index (χ2n) is 5.68. The number of carbonyl (C=O) groups is 1. The van der Waals surface area contributed by atoms with E-state index < -0.39 is 0 Å². The predicted octanol–water partition coefficient (Wildman–Crippen LogP) is 4.90. The van der Waals surface area contributed by atoms with Crippen LogP contribution in [0.3, 0.4) is 0 Å². The lowest BCUT2D eigenvalue weighted by Gasteiger charge is -2.05. The van der Waals surface area contributed by atoms with Crippen LogP contribution in [0.25, 0.3) is 0 Å². The SMILES string of the molecule is CCCCOc1ccc(/C=N/NC(=O)CSCc2ccc(Cl)cc2)cc1. The Morgan fingerprint density at radius 2 is 1.92 bits per heavy atom. The molecule has 0 saturated heterocycles. The minimum atomic E-state index is -0.125. The van der Waals surface area contributed by atoms with Crippen LogP contribution < -0.4 is 10.2 Å². The summed E-state index contributed by atoms with van der Waals surface area (Å²) in [6.07, 6.45) is 3.78. The molecule has 0 aromatic heterocycles. The number of ether oxygens (including phenoxy) is 1. The second kappa shape index (κ2) is 11.6. The minimum absolute atomic E-state index is 0.125. The van der Waals surface area contributed by atoms with Gasteiger partial charge < -0.3 is 4.74 Å². The first-order valence-corrected chi connectivity index (χ1v) is 10.1. The molecule has 2 aromatic rings. The van der Waals surface area contributed by atoms with Crippen LogP contribution >= 0.6 is 23.4 Å². The number of nitrogens with zero attached hydrogens (tertiary/aromatic N) is 1. The number of hydrazone groups is 1. The van der Waals surface area contributed by atoms with Crippen molar-refractivity contribution in [1.29, 1.82) is 0 Å². The lowest BCUT2D eigenvalue weighted by atomic mass is 10.2. The first-order chi connectivity index (χ1) is 12.7. The molecule has 6 heteroatoms. The second-order valence-corrected chi connectivity index (χ2v) is 7.11. The van der Waals surface area contributed by atoms with Crippen LogP contribution in [0.5, 0.6) is 5.75 Å². The fourth-order valence-electron chi connectivity index (χ4n) is 2.04. The Kier molecular flexibility index (Phi) is 9.07. The number of rotatable bonds is 10. The number of hydrogen-bond donors (Lipinski definition) is 1. The van der Waals surface area contributed by atoms with E-state index in [0.29, 0.717) is 10.8 Å². The van der Waals surface area contributed by atoms with Crippen molar-refractivity contribution in [2.45, 2.75) is 25.5 Å². The Bertz CT molecular complexity index is 703. The summed E-state index contributed by atoms with van der Waals surface area (Å²) in [6, 6.07) is 15.2. The summed E-state index contributed by atoms with van der Waals surface area (Å²) in [6.45, 7) is 2.86. The molecule has 0 aliphatic heterocycles. The molecule has 1 N–H and O–H groups in total. The van der Waals surface area contributed by atoms with Crippen molar-refractivity contribution in [1.82, 2.24) is 5.43 Å². The molecule has 0 aliphatic carbocycles. The normalized spacial score (nSPS) is 10.8. The van der Waals surface area contributed by atoms with E-state index in [1.807, 2.05) is 48.5 Å². The van der Waals surface area contributed by atoms with Gasteiger partial charge in [0.05, 0.1) is 18.6 Å². The summed E-state index contributed by atoms with van der Waals surface area (Å²) >= 11 is 7.38. The van der Waals surface area contributed by atoms with Gasteiger partial charge >= 0.3 is 0 Å². The highest BCUT2D eigenvalue weighted by Gasteiger charge is 2.01. The number of hydrogen-bond acceptors (Lipinski definition) is 4. The maximum atomic E-state index is 11.8. The highest BCUT2D eigenvalue weighted by molar-refractivity contribution is 7.99. The largest absolute Gasteiger partial charge is 0.494 e. The van der Waals surface area contributed by atoms with Crippen LogP contribution in [-0.4, -0.2) is 24.5 Å². The molecule has 1 amide bonds. The average molecular weight is 391 g/mol. The Hall–Kier alpha value is -1.98. The standard InChI is InChI=1S/C20H23ClN2O2S/c1-2-3-12-25-19-10-6-16(7-11-19)13-22-23-20(24)15-26-14-17-4-8-18(21)9-5-17/h4-11,13H,2-3,12,14-15H2,1H3,(H,23,24)/b22-13+. The van der Waals surface area contributed by atoms with Crippen molar-refractivity contribution in [3.05, 3.63) is 64.7 Å². The molecule has 0 fully saturated rings. The van der Waals surface area contributed by atoms with Crippen LogP contribution in [-0.2, 0) is 10.5 Å². The van der Waals surface area contributed by atoms with Gasteiger partial charge in [-0.05, 0) is 53.9 Å². The van der Waals surface area contributed by atoms with Gasteiger partial charge in [-0.1, -0.05) is 37.1 Å². The Morgan fingerprint density at radius 3 is 2.62 bits per heavy atom. The van der Waals surface area contributed by atoms with Gasteiger partial charge in [-0.15, -0.1) is 11.8 Å². The molecular weight excluding hydrogens is 368 g/mol. The summed E-state index contributed by atoms with van der Waals surface area (Å²) in [4.78, 5) is 11.8. The number of nitrogens with one attached hydrogen (secondary N) is 1. The molecule has 2 rings (SSSR count). The summed E-state index contributed by atoms with van der Waals surface area (Å²) < 4.78 is 5.61. The lowest BCUT2D eigenvalue weighted by Crippen LogP contribution is -2.19. The molecule has 0 spiro atoms. The molecule has 4 nitrogen and oxygen atoms in total. The van der Waals surface area contributed by atoms with E-state index in [9.17, 15) is 4.79 Å². The zero-order chi connectivity index (χ0) is 18.6. The van der Waals surface area contributed by atoms with Gasteiger partial charge in [-0.2, -0.15) is 5.10 Å². The van der Waals surface area contributed by atoms with Gasteiger partial charge in [-0.25, -0.2) is 5.43 Å². The average Bonchev–Trinajstić information content (AvgIpc) is 2.65. The molecular formula is C20H23ClN2O2S. The Morgan fingerprint density at radius 1 is 1.19 bits per heavy atom. The van der Waals surface area contributed by atoms with Crippen molar-refractivity contribution in [3.63, 3.8) is 0 Å². The third-order valence-corrected chi connectivity index (χ3v) is 4.72. The summed E-state index contributed by atoms with van der Waals surface area (Å²) in [5.74, 6) is 1.83. The zero-order valence-corrected chi connectivity index (χ0v) is 16.4. The summed E-state index contributed by atoms with van der Waals surface area (Å²) in [5, 5.41) is 4.70. The topological polar surface area (TPSA) is 50.7 Å². The highest BCUT2D eigenvalue weighted by atomic mass is 35.5. The lowest BCUT2D eigenvalue weighted by molar-refractivity contribution is -0.118. The van der Waals surface area contributed by atoms with Gasteiger partial charge in [0.25, 0.3) is 0 Å². The van der Waals surface area contributed by atoms with Gasteiger partial charge in [0.15, 0.2) is 0 Å². The number of carbonyl (C=O) groups excluding carboxylic acids is 1. The summed E-state index contributed by atoms with van der Waals surface area (Å²) in [7, 11) is 0. The van der Waals surface area contributed by atoms with Crippen LogP contribution in [0.15, 0.2) is 53.6 Å². The monoisotopic (exact) mass is 390 g/mol. The van der Waals surface area contributed by atoms with Gasteiger partial charge in [0, 0.05) is 10.8 Å². The number of benzene rings is 2. The van der Waals surface area contributed by atoms with Crippen LogP contribution in [0, 0.1) is 0 Å². The van der Waals surface area contributed by atoms with E-state index >= 15 is 0 Å². The van der Waals surface area contributed by atoms with Crippen molar-refractivity contribution in [2.75, 3.05) is 12.4 Å². The van der Waals surface area contributed by atoms with E-state index in [1.54, 1.807) is 6.21 Å². The Labute approximate surface area is 164 Å². The predicted molar refractivity (Wildman–Crippen MR) is 110 cm³/mol. The van der Waals surface area contributed by atoms with Crippen LogP contribution in [0.1, 0.15) is 30.9 Å². The minimum Gasteiger partial charge on any atom is -0.494 e. The molecule has 0 unspecified atom stereocenters. The first-order valence-electron chi connectivity index (χ1n) is 8.54. The van der Waals surface area contributed by atoms with Gasteiger partial charge in [-0.3, -0.25) is 4.79 Å². The number of halogens is 1. The molecule has 0 aliphatic rings. The van der Waals surface area contributed by atoms with E-state index in [0.717, 1.165) is 42.1 Å². The van der Waals surface area contributed by atoms with Crippen molar-refractivity contribution in [3.8, 4) is 5.75 Å². The van der Waals surface area contributed by atoms with Crippen LogP contribution in [0.2, 0.25) is 5.02 Å².